The van der Waals surface area contributed by atoms with Gasteiger partial charge in [-0.2, -0.15) is 0 Å². The molecule has 0 rings (SSSR count). The summed E-state index contributed by atoms with van der Waals surface area (Å²) in [5, 5.41) is 2.78. The first-order valence-corrected chi connectivity index (χ1v) is 4.99. The standard InChI is InChI=1S/C10H21NO3/c1-5-6-8(2)10(12)11-7-9(13-3)14-4/h8-9H,5-7H2,1-4H3,(H,11,12). The second-order valence-electron chi connectivity index (χ2n) is 3.34. The van der Waals surface area contributed by atoms with Crippen LogP contribution >= 0.6 is 0 Å². The van der Waals surface area contributed by atoms with Gasteiger partial charge in [-0.15, -0.1) is 0 Å². The molecule has 0 radical (unpaired) electrons. The molecule has 0 saturated heterocycles. The predicted octanol–water partition coefficient (Wildman–Crippen LogP) is 1.16. The Balaban J connectivity index is 3.71. The first kappa shape index (κ1) is 13.4. The van der Waals surface area contributed by atoms with Crippen molar-refractivity contribution in [2.75, 3.05) is 20.8 Å². The van der Waals surface area contributed by atoms with Gasteiger partial charge in [0.1, 0.15) is 0 Å². The number of hydrogen-bond donors (Lipinski definition) is 1. The molecule has 1 N–H and O–H groups in total. The number of carbonyl (C=O) groups excluding carboxylic acids is 1. The van der Waals surface area contributed by atoms with E-state index in [-0.39, 0.29) is 18.1 Å². The van der Waals surface area contributed by atoms with Crippen LogP contribution in [-0.2, 0) is 14.3 Å². The summed E-state index contributed by atoms with van der Waals surface area (Å²) in [4.78, 5) is 11.4. The highest BCUT2D eigenvalue weighted by atomic mass is 16.7. The molecule has 1 unspecified atom stereocenters. The summed E-state index contributed by atoms with van der Waals surface area (Å²) in [5.74, 6) is 0.125. The third-order valence-corrected chi connectivity index (χ3v) is 2.14. The van der Waals surface area contributed by atoms with Crippen LogP contribution < -0.4 is 5.32 Å². The first-order valence-electron chi connectivity index (χ1n) is 4.99. The van der Waals surface area contributed by atoms with E-state index < -0.39 is 0 Å². The summed E-state index contributed by atoms with van der Waals surface area (Å²) in [5.41, 5.74) is 0. The maximum atomic E-state index is 11.4. The molecule has 0 aliphatic rings. The zero-order valence-corrected chi connectivity index (χ0v) is 9.50. The van der Waals surface area contributed by atoms with E-state index in [1.807, 2.05) is 6.92 Å². The van der Waals surface area contributed by atoms with Crippen molar-refractivity contribution >= 4 is 5.91 Å². The molecular weight excluding hydrogens is 182 g/mol. The molecule has 4 heteroatoms. The van der Waals surface area contributed by atoms with Gasteiger partial charge >= 0.3 is 0 Å². The number of methoxy groups -OCH3 is 2. The quantitative estimate of drug-likeness (QED) is 0.632. The van der Waals surface area contributed by atoms with E-state index in [2.05, 4.69) is 12.2 Å². The minimum atomic E-state index is -0.354. The van der Waals surface area contributed by atoms with Crippen molar-refractivity contribution in [2.24, 2.45) is 5.92 Å². The van der Waals surface area contributed by atoms with Crippen LogP contribution in [0, 0.1) is 5.92 Å². The Bertz CT molecular complexity index is 157. The second-order valence-corrected chi connectivity index (χ2v) is 3.34. The van der Waals surface area contributed by atoms with Crippen molar-refractivity contribution < 1.29 is 14.3 Å². The molecule has 0 heterocycles. The van der Waals surface area contributed by atoms with Gasteiger partial charge in [0.25, 0.3) is 0 Å². The predicted molar refractivity (Wildman–Crippen MR) is 54.9 cm³/mol. The van der Waals surface area contributed by atoms with E-state index in [4.69, 9.17) is 9.47 Å². The fourth-order valence-electron chi connectivity index (χ4n) is 1.19. The average molecular weight is 203 g/mol. The van der Waals surface area contributed by atoms with Gasteiger partial charge in [-0.25, -0.2) is 0 Å². The molecule has 14 heavy (non-hydrogen) atoms. The van der Waals surface area contributed by atoms with Gasteiger partial charge in [-0.3, -0.25) is 4.79 Å². The zero-order valence-electron chi connectivity index (χ0n) is 9.50. The van der Waals surface area contributed by atoms with Crippen LogP contribution in [0.5, 0.6) is 0 Å². The molecule has 1 amide bonds. The second kappa shape index (κ2) is 7.76. The molecule has 0 bridgehead atoms. The molecule has 0 aromatic heterocycles. The maximum absolute atomic E-state index is 11.4. The van der Waals surface area contributed by atoms with E-state index in [0.717, 1.165) is 12.8 Å². The highest BCUT2D eigenvalue weighted by Crippen LogP contribution is 2.04. The smallest absolute Gasteiger partial charge is 0.223 e. The normalized spacial score (nSPS) is 12.9. The van der Waals surface area contributed by atoms with Crippen LogP contribution in [0.3, 0.4) is 0 Å². The van der Waals surface area contributed by atoms with Crippen molar-refractivity contribution in [2.45, 2.75) is 33.0 Å². The lowest BCUT2D eigenvalue weighted by molar-refractivity contribution is -0.130. The molecule has 4 nitrogen and oxygen atoms in total. The van der Waals surface area contributed by atoms with Gasteiger partial charge < -0.3 is 14.8 Å². The van der Waals surface area contributed by atoms with Gasteiger partial charge in [0.05, 0.1) is 6.54 Å². The molecular formula is C10H21NO3. The molecule has 0 aliphatic carbocycles. The summed E-state index contributed by atoms with van der Waals surface area (Å²) < 4.78 is 9.91. The number of carbonyl (C=O) groups is 1. The zero-order chi connectivity index (χ0) is 11.0. The van der Waals surface area contributed by atoms with Gasteiger partial charge in [-0.05, 0) is 6.42 Å². The summed E-state index contributed by atoms with van der Waals surface area (Å²) in [6, 6.07) is 0. The Hall–Kier alpha value is -0.610. The highest BCUT2D eigenvalue weighted by Gasteiger charge is 2.13. The Morgan fingerprint density at radius 2 is 1.93 bits per heavy atom. The number of ether oxygens (including phenoxy) is 2. The van der Waals surface area contributed by atoms with Crippen molar-refractivity contribution in [3.8, 4) is 0 Å². The summed E-state index contributed by atoms with van der Waals surface area (Å²) >= 11 is 0. The summed E-state index contributed by atoms with van der Waals surface area (Å²) in [6.07, 6.45) is 1.58. The van der Waals surface area contributed by atoms with Gasteiger partial charge in [-0.1, -0.05) is 20.3 Å². The number of hydrogen-bond acceptors (Lipinski definition) is 3. The first-order chi connectivity index (χ1) is 6.65. The van der Waals surface area contributed by atoms with E-state index in [1.54, 1.807) is 14.2 Å². The minimum absolute atomic E-state index is 0.0611. The monoisotopic (exact) mass is 203 g/mol. The molecule has 0 aromatic carbocycles. The fraction of sp³-hybridized carbons (Fsp3) is 0.900. The Morgan fingerprint density at radius 3 is 2.36 bits per heavy atom. The van der Waals surface area contributed by atoms with E-state index in [0.29, 0.717) is 6.54 Å². The van der Waals surface area contributed by atoms with Crippen LogP contribution in [-0.4, -0.2) is 33.0 Å². The molecule has 1 atom stereocenters. The van der Waals surface area contributed by atoms with Crippen molar-refractivity contribution in [1.29, 1.82) is 0 Å². The van der Waals surface area contributed by atoms with Crippen molar-refractivity contribution in [1.82, 2.24) is 5.32 Å². The SMILES string of the molecule is CCCC(C)C(=O)NCC(OC)OC. The number of nitrogens with one attached hydrogen (secondary N) is 1. The number of rotatable bonds is 7. The van der Waals surface area contributed by atoms with Crippen molar-refractivity contribution in [3.05, 3.63) is 0 Å². The largest absolute Gasteiger partial charge is 0.354 e. The Morgan fingerprint density at radius 1 is 1.36 bits per heavy atom. The lowest BCUT2D eigenvalue weighted by Gasteiger charge is -2.16. The maximum Gasteiger partial charge on any atom is 0.223 e. The van der Waals surface area contributed by atoms with Crippen LogP contribution in [0.1, 0.15) is 26.7 Å². The lowest BCUT2D eigenvalue weighted by atomic mass is 10.1. The average Bonchev–Trinajstić information content (AvgIpc) is 2.19. The number of amides is 1. The molecule has 84 valence electrons. The summed E-state index contributed by atoms with van der Waals surface area (Å²) in [7, 11) is 3.10. The minimum Gasteiger partial charge on any atom is -0.354 e. The third kappa shape index (κ3) is 5.19. The Kier molecular flexibility index (Phi) is 7.42. The molecule has 0 aliphatic heterocycles. The molecule has 0 aromatic rings. The fourth-order valence-corrected chi connectivity index (χ4v) is 1.19. The van der Waals surface area contributed by atoms with Gasteiger partial charge in [0.15, 0.2) is 6.29 Å². The summed E-state index contributed by atoms with van der Waals surface area (Å²) in [6.45, 7) is 4.39. The highest BCUT2D eigenvalue weighted by molar-refractivity contribution is 5.78. The topological polar surface area (TPSA) is 47.6 Å². The van der Waals surface area contributed by atoms with Gasteiger partial charge in [0, 0.05) is 20.1 Å². The Labute approximate surface area is 86.0 Å². The van der Waals surface area contributed by atoms with Crippen LogP contribution in [0.15, 0.2) is 0 Å². The molecule has 0 fully saturated rings. The van der Waals surface area contributed by atoms with Crippen LogP contribution in [0.25, 0.3) is 0 Å². The third-order valence-electron chi connectivity index (χ3n) is 2.14. The van der Waals surface area contributed by atoms with E-state index in [9.17, 15) is 4.79 Å². The van der Waals surface area contributed by atoms with Crippen molar-refractivity contribution in [3.63, 3.8) is 0 Å². The lowest BCUT2D eigenvalue weighted by Crippen LogP contribution is -2.37. The van der Waals surface area contributed by atoms with E-state index in [1.165, 1.54) is 0 Å². The molecule has 0 spiro atoms. The van der Waals surface area contributed by atoms with Gasteiger partial charge in [0.2, 0.25) is 5.91 Å². The van der Waals surface area contributed by atoms with Crippen LogP contribution in [0.4, 0.5) is 0 Å². The van der Waals surface area contributed by atoms with Crippen LogP contribution in [0.2, 0.25) is 0 Å². The van der Waals surface area contributed by atoms with E-state index >= 15 is 0 Å². The molecule has 0 saturated carbocycles.